The standard InChI is InChI=1S/C17H20N4O3/c1-12-5-6-14-13(11-12)20-16(23)17(2,24-14)15(22)18-7-3-9-21-10-4-8-19-21/h4-6,8,10-11H,3,7,9H2,1-2H3,(H,18,22)(H,20,23)/t17-/m1/s1. The van der Waals surface area contributed by atoms with Crippen LogP contribution in [0.15, 0.2) is 36.7 Å². The Kier molecular flexibility index (Phi) is 4.24. The van der Waals surface area contributed by atoms with Crippen LogP contribution in [0.1, 0.15) is 18.9 Å². The number of ether oxygens (including phenoxy) is 1. The third-order valence-electron chi connectivity index (χ3n) is 3.97. The number of carbonyl (C=O) groups excluding carboxylic acids is 2. The molecular weight excluding hydrogens is 308 g/mol. The highest BCUT2D eigenvalue weighted by molar-refractivity contribution is 6.15. The molecule has 1 aliphatic rings. The minimum atomic E-state index is -1.58. The van der Waals surface area contributed by atoms with Crippen molar-refractivity contribution in [2.24, 2.45) is 0 Å². The van der Waals surface area contributed by atoms with Gasteiger partial charge in [-0.15, -0.1) is 0 Å². The second-order valence-corrected chi connectivity index (χ2v) is 5.97. The van der Waals surface area contributed by atoms with Gasteiger partial charge < -0.3 is 15.4 Å². The lowest BCUT2D eigenvalue weighted by molar-refractivity contribution is -0.146. The zero-order chi connectivity index (χ0) is 17.2. The van der Waals surface area contributed by atoms with Crippen molar-refractivity contribution in [1.29, 1.82) is 0 Å². The molecule has 1 atom stereocenters. The van der Waals surface area contributed by atoms with E-state index in [1.807, 2.05) is 31.3 Å². The number of anilines is 1. The Morgan fingerprint density at radius 2 is 2.29 bits per heavy atom. The summed E-state index contributed by atoms with van der Waals surface area (Å²) in [6.45, 7) is 4.53. The van der Waals surface area contributed by atoms with Gasteiger partial charge in [0, 0.05) is 25.5 Å². The van der Waals surface area contributed by atoms with Gasteiger partial charge in [-0.05, 0) is 44.0 Å². The summed E-state index contributed by atoms with van der Waals surface area (Å²) in [7, 11) is 0. The minimum absolute atomic E-state index is 0.436. The average Bonchev–Trinajstić information content (AvgIpc) is 3.06. The fourth-order valence-corrected chi connectivity index (χ4v) is 2.53. The predicted molar refractivity (Wildman–Crippen MR) is 88.7 cm³/mol. The summed E-state index contributed by atoms with van der Waals surface area (Å²) < 4.78 is 7.50. The molecule has 1 aromatic heterocycles. The smallest absolute Gasteiger partial charge is 0.278 e. The summed E-state index contributed by atoms with van der Waals surface area (Å²) in [5.41, 5.74) is 0.0156. The molecule has 0 radical (unpaired) electrons. The first-order valence-corrected chi connectivity index (χ1v) is 7.86. The van der Waals surface area contributed by atoms with Gasteiger partial charge in [0.2, 0.25) is 0 Å². The molecule has 1 aromatic carbocycles. The largest absolute Gasteiger partial charge is 0.466 e. The van der Waals surface area contributed by atoms with E-state index in [1.165, 1.54) is 6.92 Å². The van der Waals surface area contributed by atoms with Crippen molar-refractivity contribution in [3.8, 4) is 5.75 Å². The molecule has 0 saturated carbocycles. The molecule has 7 nitrogen and oxygen atoms in total. The Labute approximate surface area is 140 Å². The van der Waals surface area contributed by atoms with Gasteiger partial charge in [-0.25, -0.2) is 0 Å². The normalized spacial score (nSPS) is 19.2. The second kappa shape index (κ2) is 6.35. The van der Waals surface area contributed by atoms with Crippen LogP contribution in [0.2, 0.25) is 0 Å². The van der Waals surface area contributed by atoms with E-state index in [-0.39, 0.29) is 0 Å². The van der Waals surface area contributed by atoms with Crippen molar-refractivity contribution in [3.63, 3.8) is 0 Å². The molecule has 2 aromatic rings. The number of carbonyl (C=O) groups is 2. The van der Waals surface area contributed by atoms with Crippen LogP contribution >= 0.6 is 0 Å². The third-order valence-corrected chi connectivity index (χ3v) is 3.97. The first kappa shape index (κ1) is 16.0. The lowest BCUT2D eigenvalue weighted by Crippen LogP contribution is -2.58. The van der Waals surface area contributed by atoms with Crippen LogP contribution < -0.4 is 15.4 Å². The average molecular weight is 328 g/mol. The van der Waals surface area contributed by atoms with E-state index in [9.17, 15) is 9.59 Å². The lowest BCUT2D eigenvalue weighted by atomic mass is 10.0. The summed E-state index contributed by atoms with van der Waals surface area (Å²) >= 11 is 0. The summed E-state index contributed by atoms with van der Waals surface area (Å²) in [6.07, 6.45) is 4.28. The van der Waals surface area contributed by atoms with Crippen LogP contribution in [0.5, 0.6) is 5.75 Å². The highest BCUT2D eigenvalue weighted by Gasteiger charge is 2.47. The topological polar surface area (TPSA) is 85.3 Å². The molecule has 1 aliphatic heterocycles. The Morgan fingerprint density at radius 1 is 1.46 bits per heavy atom. The van der Waals surface area contributed by atoms with Crippen molar-refractivity contribution >= 4 is 17.5 Å². The minimum Gasteiger partial charge on any atom is -0.466 e. The van der Waals surface area contributed by atoms with Crippen LogP contribution in [-0.4, -0.2) is 33.7 Å². The maximum absolute atomic E-state index is 12.4. The number of nitrogens with one attached hydrogen (secondary N) is 2. The van der Waals surface area contributed by atoms with E-state index in [0.717, 1.165) is 5.56 Å². The molecule has 24 heavy (non-hydrogen) atoms. The van der Waals surface area contributed by atoms with Crippen molar-refractivity contribution in [2.45, 2.75) is 32.4 Å². The number of amides is 2. The first-order chi connectivity index (χ1) is 11.5. The molecule has 0 fully saturated rings. The van der Waals surface area contributed by atoms with E-state index in [4.69, 9.17) is 4.74 Å². The molecule has 0 unspecified atom stereocenters. The Bertz CT molecular complexity index is 757. The number of fused-ring (bicyclic) bond motifs is 1. The quantitative estimate of drug-likeness (QED) is 0.643. The molecule has 2 amide bonds. The summed E-state index contributed by atoms with van der Waals surface area (Å²) in [4.78, 5) is 24.8. The number of benzene rings is 1. The summed E-state index contributed by atoms with van der Waals surface area (Å²) in [5.74, 6) is -0.425. The SMILES string of the molecule is Cc1ccc2c(c1)NC(=O)[C@@](C)(C(=O)NCCCn1cccn1)O2. The van der Waals surface area contributed by atoms with Gasteiger partial charge in [-0.3, -0.25) is 14.3 Å². The van der Waals surface area contributed by atoms with Crippen LogP contribution in [-0.2, 0) is 16.1 Å². The third kappa shape index (κ3) is 3.10. The van der Waals surface area contributed by atoms with Gasteiger partial charge in [0.15, 0.2) is 0 Å². The van der Waals surface area contributed by atoms with E-state index in [1.54, 1.807) is 16.9 Å². The maximum atomic E-state index is 12.4. The molecule has 0 aliphatic carbocycles. The van der Waals surface area contributed by atoms with Gasteiger partial charge in [0.05, 0.1) is 5.69 Å². The van der Waals surface area contributed by atoms with Gasteiger partial charge in [-0.1, -0.05) is 6.07 Å². The molecule has 2 N–H and O–H groups in total. The predicted octanol–water partition coefficient (Wildman–Crippen LogP) is 1.49. The number of nitrogens with zero attached hydrogens (tertiary/aromatic N) is 2. The van der Waals surface area contributed by atoms with Crippen molar-refractivity contribution in [3.05, 3.63) is 42.2 Å². The van der Waals surface area contributed by atoms with Crippen molar-refractivity contribution in [2.75, 3.05) is 11.9 Å². The number of rotatable bonds is 5. The van der Waals surface area contributed by atoms with Crippen molar-refractivity contribution < 1.29 is 14.3 Å². The maximum Gasteiger partial charge on any atom is 0.278 e. The molecule has 0 bridgehead atoms. The van der Waals surface area contributed by atoms with Crippen molar-refractivity contribution in [1.82, 2.24) is 15.1 Å². The van der Waals surface area contributed by atoms with Gasteiger partial charge in [0.1, 0.15) is 5.75 Å². The molecule has 7 heteroatoms. The van der Waals surface area contributed by atoms with Gasteiger partial charge >= 0.3 is 0 Å². The van der Waals surface area contributed by atoms with Crippen LogP contribution in [0.4, 0.5) is 5.69 Å². The Balaban J connectivity index is 1.61. The zero-order valence-electron chi connectivity index (χ0n) is 13.7. The van der Waals surface area contributed by atoms with E-state index in [2.05, 4.69) is 15.7 Å². The Hall–Kier alpha value is -2.83. The van der Waals surface area contributed by atoms with Crippen LogP contribution in [0, 0.1) is 6.92 Å². The molecule has 3 rings (SSSR count). The highest BCUT2D eigenvalue weighted by atomic mass is 16.5. The number of hydrogen-bond acceptors (Lipinski definition) is 4. The fraction of sp³-hybridized carbons (Fsp3) is 0.353. The molecule has 0 spiro atoms. The number of aromatic nitrogens is 2. The van der Waals surface area contributed by atoms with E-state index < -0.39 is 17.4 Å². The molecule has 2 heterocycles. The summed E-state index contributed by atoms with van der Waals surface area (Å²) in [6, 6.07) is 7.29. The zero-order valence-corrected chi connectivity index (χ0v) is 13.7. The fourth-order valence-electron chi connectivity index (χ4n) is 2.53. The lowest BCUT2D eigenvalue weighted by Gasteiger charge is -2.33. The number of hydrogen-bond donors (Lipinski definition) is 2. The van der Waals surface area contributed by atoms with E-state index in [0.29, 0.717) is 30.9 Å². The van der Waals surface area contributed by atoms with Crippen LogP contribution in [0.3, 0.4) is 0 Å². The van der Waals surface area contributed by atoms with Crippen LogP contribution in [0.25, 0.3) is 0 Å². The first-order valence-electron chi connectivity index (χ1n) is 7.86. The van der Waals surface area contributed by atoms with Gasteiger partial charge in [0.25, 0.3) is 17.4 Å². The highest BCUT2D eigenvalue weighted by Crippen LogP contribution is 2.34. The van der Waals surface area contributed by atoms with Gasteiger partial charge in [-0.2, -0.15) is 5.10 Å². The monoisotopic (exact) mass is 328 g/mol. The second-order valence-electron chi connectivity index (χ2n) is 5.97. The summed E-state index contributed by atoms with van der Waals surface area (Å²) in [5, 5.41) is 9.60. The number of aryl methyl sites for hydroxylation is 2. The molecular formula is C17H20N4O3. The molecule has 126 valence electrons. The van der Waals surface area contributed by atoms with E-state index >= 15 is 0 Å². The molecule has 0 saturated heterocycles. The Morgan fingerprint density at radius 3 is 3.04 bits per heavy atom.